The van der Waals surface area contributed by atoms with Gasteiger partial charge in [-0.1, -0.05) is 95.5 Å². The summed E-state index contributed by atoms with van der Waals surface area (Å²) >= 11 is 13.1. The van der Waals surface area contributed by atoms with Gasteiger partial charge in [0.05, 0.1) is 6.04 Å². The van der Waals surface area contributed by atoms with Crippen molar-refractivity contribution < 1.29 is 18.8 Å². The van der Waals surface area contributed by atoms with Gasteiger partial charge in [-0.2, -0.15) is 0 Å². The second kappa shape index (κ2) is 9.23. The molecule has 2 aliphatic heterocycles. The van der Waals surface area contributed by atoms with E-state index in [0.717, 1.165) is 5.56 Å². The van der Waals surface area contributed by atoms with Crippen LogP contribution in [0.1, 0.15) is 53.7 Å². The number of fused-ring (bicyclic) bond motifs is 5. The molecule has 4 aromatic rings. The fraction of sp³-hybridized carbons (Fsp3) is 0.147. The molecule has 202 valence electrons. The van der Waals surface area contributed by atoms with Crippen LogP contribution >= 0.6 is 23.2 Å². The van der Waals surface area contributed by atoms with Crippen molar-refractivity contribution >= 4 is 52.3 Å². The molecule has 0 bridgehead atoms. The van der Waals surface area contributed by atoms with Crippen LogP contribution in [0.15, 0.2) is 91.0 Å². The van der Waals surface area contributed by atoms with E-state index in [1.165, 1.54) is 12.1 Å². The van der Waals surface area contributed by atoms with E-state index in [9.17, 15) is 18.8 Å². The summed E-state index contributed by atoms with van der Waals surface area (Å²) < 4.78 is 14.4. The van der Waals surface area contributed by atoms with E-state index in [1.54, 1.807) is 72.8 Å². The summed E-state index contributed by atoms with van der Waals surface area (Å²) in [5.41, 5.74) is 1.93. The minimum absolute atomic E-state index is 0.253. The zero-order valence-electron chi connectivity index (χ0n) is 21.8. The van der Waals surface area contributed by atoms with Gasteiger partial charge in [-0.3, -0.25) is 14.4 Å². The lowest BCUT2D eigenvalue weighted by atomic mass is 9.64. The molecule has 0 amide bonds. The van der Waals surface area contributed by atoms with Crippen molar-refractivity contribution in [2.75, 3.05) is 4.90 Å². The van der Waals surface area contributed by atoms with E-state index in [1.807, 2.05) is 24.0 Å². The van der Waals surface area contributed by atoms with Crippen LogP contribution in [0.2, 0.25) is 10.0 Å². The first-order chi connectivity index (χ1) is 19.7. The van der Waals surface area contributed by atoms with E-state index in [2.05, 4.69) is 0 Å². The zero-order valence-corrected chi connectivity index (χ0v) is 23.3. The Kier molecular flexibility index (Phi) is 5.83. The molecule has 7 rings (SSSR count). The van der Waals surface area contributed by atoms with E-state index in [4.69, 9.17) is 23.2 Å². The second-order valence-electron chi connectivity index (χ2n) is 10.8. The summed E-state index contributed by atoms with van der Waals surface area (Å²) in [6, 6.07) is 21.3. The number of hydrogen-bond acceptors (Lipinski definition) is 4. The van der Waals surface area contributed by atoms with Crippen LogP contribution in [0.3, 0.4) is 0 Å². The number of hydrogen-bond donors (Lipinski definition) is 0. The Morgan fingerprint density at radius 3 is 2.22 bits per heavy atom. The van der Waals surface area contributed by atoms with Gasteiger partial charge in [0, 0.05) is 43.9 Å². The summed E-state index contributed by atoms with van der Waals surface area (Å²) in [7, 11) is 0. The van der Waals surface area contributed by atoms with Crippen molar-refractivity contribution in [2.24, 2.45) is 5.41 Å². The Morgan fingerprint density at radius 1 is 0.878 bits per heavy atom. The van der Waals surface area contributed by atoms with Crippen molar-refractivity contribution in [1.29, 1.82) is 0 Å². The van der Waals surface area contributed by atoms with E-state index in [-0.39, 0.29) is 22.4 Å². The van der Waals surface area contributed by atoms with Crippen LogP contribution in [-0.4, -0.2) is 29.4 Å². The van der Waals surface area contributed by atoms with E-state index < -0.39 is 29.2 Å². The van der Waals surface area contributed by atoms with Gasteiger partial charge in [0.1, 0.15) is 17.3 Å². The van der Waals surface area contributed by atoms with Crippen LogP contribution in [0.25, 0.3) is 6.08 Å². The maximum absolute atomic E-state index is 14.6. The minimum atomic E-state index is -1.70. The van der Waals surface area contributed by atoms with Crippen LogP contribution < -0.4 is 4.90 Å². The van der Waals surface area contributed by atoms with Gasteiger partial charge in [-0.05, 0) is 42.8 Å². The lowest BCUT2D eigenvalue weighted by Gasteiger charge is -2.37. The molecule has 41 heavy (non-hydrogen) atoms. The largest absolute Gasteiger partial charge is 0.352 e. The molecule has 1 fully saturated rings. The zero-order chi connectivity index (χ0) is 28.6. The van der Waals surface area contributed by atoms with Crippen LogP contribution in [0.5, 0.6) is 0 Å². The Bertz CT molecular complexity index is 1800. The molecule has 1 saturated heterocycles. The molecule has 0 radical (unpaired) electrons. The number of aryl methyl sites for hydroxylation is 1. The second-order valence-corrected chi connectivity index (χ2v) is 11.6. The van der Waals surface area contributed by atoms with Gasteiger partial charge in [-0.25, -0.2) is 4.39 Å². The highest BCUT2D eigenvalue weighted by molar-refractivity contribution is 6.36. The molecule has 0 unspecified atom stereocenters. The van der Waals surface area contributed by atoms with Crippen molar-refractivity contribution in [3.05, 3.63) is 140 Å². The first-order valence-corrected chi connectivity index (χ1v) is 14.0. The Labute approximate surface area is 246 Å². The van der Waals surface area contributed by atoms with E-state index >= 15 is 0 Å². The van der Waals surface area contributed by atoms with Gasteiger partial charge in [0.2, 0.25) is 0 Å². The third kappa shape index (κ3) is 3.55. The molecule has 0 saturated carbocycles. The van der Waals surface area contributed by atoms with Gasteiger partial charge >= 0.3 is 0 Å². The molecule has 0 N–H and O–H groups in total. The average Bonchev–Trinajstić information content (AvgIpc) is 3.39. The highest BCUT2D eigenvalue weighted by Gasteiger charge is 2.71. The summed E-state index contributed by atoms with van der Waals surface area (Å²) in [6.45, 7) is 1.93. The molecule has 1 spiro atoms. The van der Waals surface area contributed by atoms with E-state index in [0.29, 0.717) is 38.5 Å². The minimum Gasteiger partial charge on any atom is -0.352 e. The molecular weight excluding hydrogens is 560 g/mol. The third-order valence-corrected chi connectivity index (χ3v) is 9.23. The molecule has 7 heteroatoms. The first-order valence-electron chi connectivity index (χ1n) is 13.2. The van der Waals surface area contributed by atoms with Crippen LogP contribution in [0.4, 0.5) is 10.1 Å². The number of halogens is 3. The lowest BCUT2D eigenvalue weighted by molar-refractivity contribution is 0.0666. The van der Waals surface area contributed by atoms with Gasteiger partial charge in [0.15, 0.2) is 17.3 Å². The number of ketones is 3. The molecule has 1 aliphatic carbocycles. The highest BCUT2D eigenvalue weighted by Crippen LogP contribution is 2.61. The molecule has 4 nitrogen and oxygen atoms in total. The Morgan fingerprint density at radius 2 is 1.56 bits per heavy atom. The number of Topliss-reactive ketones (excluding diaryl/α,β-unsaturated/α-hetero) is 3. The standard InChI is InChI=1S/C34H22Cl2FNO3/c1-18-6-8-19(9-7-18)31(39)30-29(25-13-11-21(35)17-26(25)36)34(32(40)23-4-2-3-5-24(23)33(34)41)28-15-10-20-16-22(37)12-14-27(20)38(28)30/h2-17,28-30H,1H3/t28-,29+,30-/m1/s1. The monoisotopic (exact) mass is 581 g/mol. The topological polar surface area (TPSA) is 54.5 Å². The van der Waals surface area contributed by atoms with Gasteiger partial charge < -0.3 is 4.90 Å². The fourth-order valence-corrected chi connectivity index (χ4v) is 7.46. The maximum atomic E-state index is 14.6. The molecule has 0 aromatic heterocycles. The number of rotatable bonds is 3. The predicted octanol–water partition coefficient (Wildman–Crippen LogP) is 7.76. The number of carbonyl (C=O) groups is 3. The Balaban J connectivity index is 1.56. The van der Waals surface area contributed by atoms with Gasteiger partial charge in [0.25, 0.3) is 0 Å². The predicted molar refractivity (Wildman–Crippen MR) is 158 cm³/mol. The smallest absolute Gasteiger partial charge is 0.185 e. The summed E-state index contributed by atoms with van der Waals surface area (Å²) in [4.78, 5) is 45.8. The summed E-state index contributed by atoms with van der Waals surface area (Å²) in [6.07, 6.45) is 3.48. The quantitative estimate of drug-likeness (QED) is 0.183. The molecular formula is C34H22Cl2FNO3. The fourth-order valence-electron chi connectivity index (χ4n) is 6.93. The van der Waals surface area contributed by atoms with Gasteiger partial charge in [-0.15, -0.1) is 0 Å². The third-order valence-electron chi connectivity index (χ3n) is 8.67. The molecule has 4 aromatic carbocycles. The Hall–Kier alpha value is -4.06. The number of nitrogens with zero attached hydrogens (tertiary/aromatic N) is 1. The molecule has 3 aliphatic rings. The maximum Gasteiger partial charge on any atom is 0.185 e. The number of carbonyl (C=O) groups excluding carboxylic acids is 3. The summed E-state index contributed by atoms with van der Waals surface area (Å²) in [5.74, 6) is -2.40. The normalized spacial score (nSPS) is 21.7. The first kappa shape index (κ1) is 25.9. The van der Waals surface area contributed by atoms with Crippen molar-refractivity contribution in [1.82, 2.24) is 0 Å². The van der Waals surface area contributed by atoms with Crippen LogP contribution in [-0.2, 0) is 0 Å². The van der Waals surface area contributed by atoms with Crippen molar-refractivity contribution in [2.45, 2.75) is 24.9 Å². The van der Waals surface area contributed by atoms with Crippen molar-refractivity contribution in [3.8, 4) is 0 Å². The summed E-state index contributed by atoms with van der Waals surface area (Å²) in [5, 5.41) is 0.640. The number of anilines is 1. The average molecular weight is 582 g/mol. The molecule has 3 atom stereocenters. The number of benzene rings is 4. The highest BCUT2D eigenvalue weighted by atomic mass is 35.5. The lowest BCUT2D eigenvalue weighted by Crippen LogP contribution is -2.48. The SMILES string of the molecule is Cc1ccc(C(=O)[C@H]2[C@H](c3ccc(Cl)cc3Cl)C3(C(=O)c4ccccc4C3=O)[C@H]3C=Cc4cc(F)ccc4N23)cc1. The van der Waals surface area contributed by atoms with Crippen molar-refractivity contribution in [3.63, 3.8) is 0 Å². The molecule has 2 heterocycles. The van der Waals surface area contributed by atoms with Crippen LogP contribution in [0, 0.1) is 18.2 Å².